The van der Waals surface area contributed by atoms with Crippen molar-refractivity contribution in [1.29, 1.82) is 0 Å². The van der Waals surface area contributed by atoms with Gasteiger partial charge in [-0.05, 0) is 17.5 Å². The van der Waals surface area contributed by atoms with E-state index in [1.54, 1.807) is 13.1 Å². The zero-order valence-electron chi connectivity index (χ0n) is 10.9. The lowest BCUT2D eigenvalue weighted by atomic mass is 10.1. The molecule has 4 nitrogen and oxygen atoms in total. The zero-order chi connectivity index (χ0) is 13.8. The molecule has 0 aromatic carbocycles. The van der Waals surface area contributed by atoms with Crippen molar-refractivity contribution in [1.82, 2.24) is 9.29 Å². The highest BCUT2D eigenvalue weighted by Gasteiger charge is 2.23. The van der Waals surface area contributed by atoms with Crippen LogP contribution in [0.15, 0.2) is 23.4 Å². The smallest absolute Gasteiger partial charge is 0.243 e. The molecular weight excluding hydrogens is 272 g/mol. The first-order valence-corrected chi connectivity index (χ1v) is 7.86. The third-order valence-corrected chi connectivity index (χ3v) is 4.94. The van der Waals surface area contributed by atoms with Crippen LogP contribution in [0.3, 0.4) is 0 Å². The van der Waals surface area contributed by atoms with Crippen LogP contribution in [0.2, 0.25) is 0 Å². The number of rotatable bonds is 6. The van der Waals surface area contributed by atoms with Crippen LogP contribution in [-0.4, -0.2) is 31.3 Å². The van der Waals surface area contributed by atoms with Gasteiger partial charge in [0.25, 0.3) is 10.0 Å². The average molecular weight is 291 g/mol. The molecule has 6 heteroatoms. The molecule has 102 valence electrons. The van der Waals surface area contributed by atoms with Crippen LogP contribution < -0.4 is 0 Å². The van der Waals surface area contributed by atoms with E-state index in [2.05, 4.69) is 4.98 Å². The topological polar surface area (TPSA) is 50.3 Å². The highest BCUT2D eigenvalue weighted by atomic mass is 35.5. The van der Waals surface area contributed by atoms with Gasteiger partial charge in [-0.25, -0.2) is 13.4 Å². The molecule has 1 atom stereocenters. The van der Waals surface area contributed by atoms with E-state index in [-0.39, 0.29) is 5.03 Å². The van der Waals surface area contributed by atoms with Crippen LogP contribution >= 0.6 is 11.6 Å². The summed E-state index contributed by atoms with van der Waals surface area (Å²) in [7, 11) is -1.91. The van der Waals surface area contributed by atoms with E-state index in [0.29, 0.717) is 18.3 Å². The average Bonchev–Trinajstić information content (AvgIpc) is 2.38. The third kappa shape index (κ3) is 3.67. The standard InChI is InChI=1S/C12H19ClN2O2S/c1-4-10(2)9-15(3)18(16,17)12-6-5-11(7-13)8-14-12/h5-6,8,10H,4,7,9H2,1-3H3. The van der Waals surface area contributed by atoms with Crippen molar-refractivity contribution < 1.29 is 8.42 Å². The summed E-state index contributed by atoms with van der Waals surface area (Å²) in [5.74, 6) is 0.655. The van der Waals surface area contributed by atoms with Gasteiger partial charge >= 0.3 is 0 Å². The molecule has 1 unspecified atom stereocenters. The lowest BCUT2D eigenvalue weighted by Crippen LogP contribution is -2.31. The Morgan fingerprint density at radius 2 is 2.11 bits per heavy atom. The summed E-state index contributed by atoms with van der Waals surface area (Å²) in [5, 5.41) is 0.0715. The molecular formula is C12H19ClN2O2S. The number of nitrogens with zero attached hydrogens (tertiary/aromatic N) is 2. The highest BCUT2D eigenvalue weighted by Crippen LogP contribution is 2.15. The highest BCUT2D eigenvalue weighted by molar-refractivity contribution is 7.89. The number of hydrogen-bond donors (Lipinski definition) is 0. The largest absolute Gasteiger partial charge is 0.260 e. The van der Waals surface area contributed by atoms with Gasteiger partial charge in [-0.15, -0.1) is 11.6 Å². The molecule has 0 amide bonds. The Balaban J connectivity index is 2.90. The van der Waals surface area contributed by atoms with E-state index in [4.69, 9.17) is 11.6 Å². The Morgan fingerprint density at radius 1 is 1.44 bits per heavy atom. The summed E-state index contributed by atoms with van der Waals surface area (Å²) in [6.07, 6.45) is 2.44. The molecule has 0 saturated heterocycles. The summed E-state index contributed by atoms with van der Waals surface area (Å²) >= 11 is 5.64. The van der Waals surface area contributed by atoms with Crippen LogP contribution in [0.4, 0.5) is 0 Å². The van der Waals surface area contributed by atoms with Crippen LogP contribution in [0.5, 0.6) is 0 Å². The van der Waals surface area contributed by atoms with Gasteiger partial charge in [0.1, 0.15) is 0 Å². The monoisotopic (exact) mass is 290 g/mol. The molecule has 0 aliphatic carbocycles. The van der Waals surface area contributed by atoms with Gasteiger partial charge in [0, 0.05) is 25.7 Å². The minimum Gasteiger partial charge on any atom is -0.243 e. The maximum atomic E-state index is 12.2. The van der Waals surface area contributed by atoms with E-state index in [9.17, 15) is 8.42 Å². The molecule has 0 radical (unpaired) electrons. The number of sulfonamides is 1. The molecule has 1 aromatic heterocycles. The molecule has 0 saturated carbocycles. The maximum Gasteiger partial charge on any atom is 0.260 e. The second kappa shape index (κ2) is 6.50. The molecule has 0 aliphatic heterocycles. The van der Waals surface area contributed by atoms with Gasteiger partial charge in [0.15, 0.2) is 5.03 Å². The number of pyridine rings is 1. The maximum absolute atomic E-state index is 12.2. The first-order valence-electron chi connectivity index (χ1n) is 5.89. The molecule has 0 spiro atoms. The van der Waals surface area contributed by atoms with E-state index >= 15 is 0 Å². The van der Waals surface area contributed by atoms with Gasteiger partial charge in [0.05, 0.1) is 0 Å². The summed E-state index contributed by atoms with van der Waals surface area (Å²) in [6, 6.07) is 3.18. The number of alkyl halides is 1. The Labute approximate surface area is 114 Å². The first-order chi connectivity index (χ1) is 8.41. The van der Waals surface area contributed by atoms with Crippen LogP contribution in [-0.2, 0) is 15.9 Å². The predicted molar refractivity (Wildman–Crippen MR) is 73.1 cm³/mol. The fraction of sp³-hybridized carbons (Fsp3) is 0.583. The fourth-order valence-corrected chi connectivity index (χ4v) is 2.82. The van der Waals surface area contributed by atoms with Crippen molar-refractivity contribution in [3.63, 3.8) is 0 Å². The predicted octanol–water partition coefficient (Wildman–Crippen LogP) is 2.49. The van der Waals surface area contributed by atoms with Crippen LogP contribution in [0.1, 0.15) is 25.8 Å². The Morgan fingerprint density at radius 3 is 2.56 bits per heavy atom. The molecule has 0 fully saturated rings. The molecule has 18 heavy (non-hydrogen) atoms. The minimum absolute atomic E-state index is 0.0715. The van der Waals surface area contributed by atoms with Gasteiger partial charge in [0.2, 0.25) is 0 Å². The number of aromatic nitrogens is 1. The van der Waals surface area contributed by atoms with E-state index in [0.717, 1.165) is 12.0 Å². The van der Waals surface area contributed by atoms with E-state index in [1.807, 2.05) is 13.8 Å². The molecule has 1 heterocycles. The molecule has 0 aliphatic rings. The summed E-state index contributed by atoms with van der Waals surface area (Å²) in [4.78, 5) is 3.96. The van der Waals surface area contributed by atoms with Crippen molar-refractivity contribution in [2.24, 2.45) is 5.92 Å². The summed E-state index contributed by atoms with van der Waals surface area (Å²) in [5.41, 5.74) is 0.806. The third-order valence-electron chi connectivity index (χ3n) is 2.89. The second-order valence-corrected chi connectivity index (χ2v) is 6.70. The quantitative estimate of drug-likeness (QED) is 0.756. The van der Waals surface area contributed by atoms with E-state index < -0.39 is 10.0 Å². The second-order valence-electron chi connectivity index (χ2n) is 4.44. The number of hydrogen-bond acceptors (Lipinski definition) is 3. The van der Waals surface area contributed by atoms with Crippen molar-refractivity contribution in [3.05, 3.63) is 23.9 Å². The van der Waals surface area contributed by atoms with Crippen LogP contribution in [0.25, 0.3) is 0 Å². The fourth-order valence-electron chi connectivity index (χ4n) is 1.47. The van der Waals surface area contributed by atoms with E-state index in [1.165, 1.54) is 16.6 Å². The summed E-state index contributed by atoms with van der Waals surface area (Å²) in [6.45, 7) is 4.56. The van der Waals surface area contributed by atoms with Gasteiger partial charge < -0.3 is 0 Å². The van der Waals surface area contributed by atoms with Gasteiger partial charge in [-0.2, -0.15) is 4.31 Å². The van der Waals surface area contributed by atoms with Crippen molar-refractivity contribution in [2.45, 2.75) is 31.2 Å². The minimum atomic E-state index is -3.49. The first kappa shape index (κ1) is 15.4. The summed E-state index contributed by atoms with van der Waals surface area (Å²) < 4.78 is 25.8. The normalized spacial score (nSPS) is 13.8. The lowest BCUT2D eigenvalue weighted by Gasteiger charge is -2.19. The van der Waals surface area contributed by atoms with Crippen molar-refractivity contribution in [3.8, 4) is 0 Å². The Bertz CT molecular complexity index is 473. The Kier molecular flexibility index (Phi) is 5.56. The van der Waals surface area contributed by atoms with Crippen LogP contribution in [0, 0.1) is 5.92 Å². The lowest BCUT2D eigenvalue weighted by molar-refractivity contribution is 0.392. The Hall–Kier alpha value is -0.650. The molecule has 1 aromatic rings. The van der Waals surface area contributed by atoms with Gasteiger partial charge in [-0.1, -0.05) is 26.3 Å². The zero-order valence-corrected chi connectivity index (χ0v) is 12.5. The number of halogens is 1. The van der Waals surface area contributed by atoms with Gasteiger partial charge in [-0.3, -0.25) is 0 Å². The molecule has 0 N–H and O–H groups in total. The van der Waals surface area contributed by atoms with Crippen molar-refractivity contribution >= 4 is 21.6 Å². The SMILES string of the molecule is CCC(C)CN(C)S(=O)(=O)c1ccc(CCl)cn1. The van der Waals surface area contributed by atoms with Crippen molar-refractivity contribution in [2.75, 3.05) is 13.6 Å². The molecule has 0 bridgehead atoms. The molecule has 1 rings (SSSR count).